The highest BCUT2D eigenvalue weighted by atomic mass is 19.1. The Kier molecular flexibility index (Phi) is 3.71. The van der Waals surface area contributed by atoms with Crippen LogP contribution in [0.2, 0.25) is 0 Å². The van der Waals surface area contributed by atoms with Gasteiger partial charge in [0.25, 0.3) is 0 Å². The predicted molar refractivity (Wildman–Crippen MR) is 70.0 cm³/mol. The molecule has 1 aromatic heterocycles. The van der Waals surface area contributed by atoms with Crippen molar-refractivity contribution in [2.45, 2.75) is 13.5 Å². The van der Waals surface area contributed by atoms with Gasteiger partial charge in [-0.25, -0.2) is 14.4 Å². The zero-order chi connectivity index (χ0) is 13.8. The van der Waals surface area contributed by atoms with Crippen molar-refractivity contribution >= 4 is 5.82 Å². The molecule has 5 heteroatoms. The van der Waals surface area contributed by atoms with Gasteiger partial charge in [0.2, 0.25) is 0 Å². The number of hydrogen-bond acceptors (Lipinski definition) is 4. The quantitative estimate of drug-likeness (QED) is 0.846. The molecule has 19 heavy (non-hydrogen) atoms. The summed E-state index contributed by atoms with van der Waals surface area (Å²) in [4.78, 5) is 10.2. The molecule has 96 valence electrons. The maximum Gasteiger partial charge on any atom is 0.146 e. The van der Waals surface area contributed by atoms with E-state index in [4.69, 9.17) is 5.26 Å². The molecule has 0 atom stereocenters. The molecule has 0 fully saturated rings. The van der Waals surface area contributed by atoms with E-state index in [1.165, 1.54) is 12.1 Å². The molecule has 1 aromatic carbocycles. The van der Waals surface area contributed by atoms with Crippen LogP contribution in [0.5, 0.6) is 0 Å². The van der Waals surface area contributed by atoms with E-state index < -0.39 is 0 Å². The minimum atomic E-state index is -0.254. The summed E-state index contributed by atoms with van der Waals surface area (Å²) in [6, 6.07) is 9.95. The standard InChI is InChI=1S/C14H13FN4/c1-10-17-13(8-16)7-14(18-10)19(2)9-11-3-5-12(15)6-4-11/h3-7H,9H2,1-2H3. The molecular formula is C14H13FN4. The Balaban J connectivity index is 2.20. The van der Waals surface area contributed by atoms with Gasteiger partial charge in [0, 0.05) is 19.7 Å². The van der Waals surface area contributed by atoms with E-state index >= 15 is 0 Å². The molecule has 1 heterocycles. The molecule has 0 unspecified atom stereocenters. The maximum atomic E-state index is 12.8. The van der Waals surface area contributed by atoms with Crippen LogP contribution in [0.3, 0.4) is 0 Å². The van der Waals surface area contributed by atoms with Gasteiger partial charge in [-0.1, -0.05) is 12.1 Å². The van der Waals surface area contributed by atoms with E-state index in [-0.39, 0.29) is 5.82 Å². The summed E-state index contributed by atoms with van der Waals surface area (Å²) in [6.07, 6.45) is 0. The summed E-state index contributed by atoms with van der Waals surface area (Å²) >= 11 is 0. The third kappa shape index (κ3) is 3.26. The van der Waals surface area contributed by atoms with E-state index in [1.54, 1.807) is 25.1 Å². The molecule has 0 spiro atoms. The van der Waals surface area contributed by atoms with Crippen molar-refractivity contribution in [1.29, 1.82) is 5.26 Å². The Bertz CT molecular complexity index is 616. The first kappa shape index (κ1) is 13.0. The minimum absolute atomic E-state index is 0.254. The van der Waals surface area contributed by atoms with Crippen LogP contribution in [-0.4, -0.2) is 17.0 Å². The summed E-state index contributed by atoms with van der Waals surface area (Å²) in [7, 11) is 1.87. The molecule has 0 saturated heterocycles. The Morgan fingerprint density at radius 1 is 1.26 bits per heavy atom. The van der Waals surface area contributed by atoms with Gasteiger partial charge < -0.3 is 4.90 Å². The third-order valence-electron chi connectivity index (χ3n) is 2.66. The molecule has 0 amide bonds. The Hall–Kier alpha value is -2.48. The summed E-state index contributed by atoms with van der Waals surface area (Å²) in [5.74, 6) is 0.976. The van der Waals surface area contributed by atoms with Crippen molar-refractivity contribution in [3.8, 4) is 6.07 Å². The highest BCUT2D eigenvalue weighted by Crippen LogP contribution is 2.14. The first-order valence-corrected chi connectivity index (χ1v) is 5.80. The lowest BCUT2D eigenvalue weighted by molar-refractivity contribution is 0.627. The number of halogens is 1. The Morgan fingerprint density at radius 3 is 2.58 bits per heavy atom. The fourth-order valence-corrected chi connectivity index (χ4v) is 1.75. The first-order valence-electron chi connectivity index (χ1n) is 5.80. The number of aromatic nitrogens is 2. The zero-order valence-corrected chi connectivity index (χ0v) is 10.8. The van der Waals surface area contributed by atoms with Gasteiger partial charge in [0.1, 0.15) is 29.2 Å². The molecule has 0 saturated carbocycles. The molecule has 0 radical (unpaired) electrons. The Labute approximate surface area is 111 Å². The van der Waals surface area contributed by atoms with Gasteiger partial charge in [-0.3, -0.25) is 0 Å². The SMILES string of the molecule is Cc1nc(C#N)cc(N(C)Cc2ccc(F)cc2)n1. The van der Waals surface area contributed by atoms with Gasteiger partial charge in [-0.05, 0) is 24.6 Å². The van der Waals surface area contributed by atoms with Gasteiger partial charge in [0.05, 0.1) is 0 Å². The van der Waals surface area contributed by atoms with Crippen molar-refractivity contribution in [2.24, 2.45) is 0 Å². The second kappa shape index (κ2) is 5.44. The Morgan fingerprint density at radius 2 is 1.95 bits per heavy atom. The number of benzene rings is 1. The van der Waals surface area contributed by atoms with Crippen LogP contribution >= 0.6 is 0 Å². The number of nitrogens with zero attached hydrogens (tertiary/aromatic N) is 4. The van der Waals surface area contributed by atoms with Crippen molar-refractivity contribution in [3.63, 3.8) is 0 Å². The molecule has 0 N–H and O–H groups in total. The first-order chi connectivity index (χ1) is 9.08. The van der Waals surface area contributed by atoms with Crippen molar-refractivity contribution in [1.82, 2.24) is 9.97 Å². The number of nitriles is 1. The van der Waals surface area contributed by atoms with E-state index in [0.717, 1.165) is 5.56 Å². The van der Waals surface area contributed by atoms with Crippen LogP contribution in [0, 0.1) is 24.1 Å². The van der Waals surface area contributed by atoms with Crippen LogP contribution in [0.15, 0.2) is 30.3 Å². The van der Waals surface area contributed by atoms with Crippen molar-refractivity contribution in [2.75, 3.05) is 11.9 Å². The highest BCUT2D eigenvalue weighted by Gasteiger charge is 2.07. The predicted octanol–water partition coefficient (Wildman–Crippen LogP) is 2.43. The molecule has 0 aliphatic carbocycles. The van der Waals surface area contributed by atoms with Crippen LogP contribution in [0.4, 0.5) is 10.2 Å². The number of hydrogen-bond donors (Lipinski definition) is 0. The molecular weight excluding hydrogens is 243 g/mol. The highest BCUT2D eigenvalue weighted by molar-refractivity contribution is 5.42. The largest absolute Gasteiger partial charge is 0.355 e. The summed E-state index contributed by atoms with van der Waals surface area (Å²) in [5.41, 5.74) is 1.31. The summed E-state index contributed by atoms with van der Waals surface area (Å²) < 4.78 is 12.8. The van der Waals surface area contributed by atoms with Gasteiger partial charge in [0.15, 0.2) is 0 Å². The summed E-state index contributed by atoms with van der Waals surface area (Å²) in [6.45, 7) is 2.33. The van der Waals surface area contributed by atoms with Crippen LogP contribution in [-0.2, 0) is 6.54 Å². The molecule has 4 nitrogen and oxygen atoms in total. The number of rotatable bonds is 3. The molecule has 0 aliphatic heterocycles. The van der Waals surface area contributed by atoms with E-state index in [2.05, 4.69) is 9.97 Å². The van der Waals surface area contributed by atoms with Crippen molar-refractivity contribution in [3.05, 3.63) is 53.2 Å². The average molecular weight is 256 g/mol. The van der Waals surface area contributed by atoms with E-state index in [1.807, 2.05) is 18.0 Å². The lowest BCUT2D eigenvalue weighted by atomic mass is 10.2. The van der Waals surface area contributed by atoms with Crippen LogP contribution in [0.1, 0.15) is 17.1 Å². The second-order valence-corrected chi connectivity index (χ2v) is 4.25. The monoisotopic (exact) mass is 256 g/mol. The van der Waals surface area contributed by atoms with E-state index in [0.29, 0.717) is 23.9 Å². The van der Waals surface area contributed by atoms with E-state index in [9.17, 15) is 4.39 Å². The summed E-state index contributed by atoms with van der Waals surface area (Å²) in [5, 5.41) is 8.89. The zero-order valence-electron chi connectivity index (χ0n) is 10.8. The lowest BCUT2D eigenvalue weighted by Crippen LogP contribution is -2.18. The van der Waals surface area contributed by atoms with Crippen LogP contribution < -0.4 is 4.90 Å². The van der Waals surface area contributed by atoms with Crippen molar-refractivity contribution < 1.29 is 4.39 Å². The second-order valence-electron chi connectivity index (χ2n) is 4.25. The maximum absolute atomic E-state index is 12.8. The topological polar surface area (TPSA) is 52.8 Å². The van der Waals surface area contributed by atoms with Gasteiger partial charge in [-0.2, -0.15) is 5.26 Å². The smallest absolute Gasteiger partial charge is 0.146 e. The normalized spacial score (nSPS) is 10.0. The molecule has 2 aromatic rings. The average Bonchev–Trinajstić information content (AvgIpc) is 2.40. The fraction of sp³-hybridized carbons (Fsp3) is 0.214. The number of aryl methyl sites for hydroxylation is 1. The number of anilines is 1. The third-order valence-corrected chi connectivity index (χ3v) is 2.66. The molecule has 0 bridgehead atoms. The van der Waals surface area contributed by atoms with Gasteiger partial charge in [-0.15, -0.1) is 0 Å². The molecule has 2 rings (SSSR count). The fourth-order valence-electron chi connectivity index (χ4n) is 1.75. The minimum Gasteiger partial charge on any atom is -0.355 e. The molecule has 0 aliphatic rings. The van der Waals surface area contributed by atoms with Gasteiger partial charge >= 0.3 is 0 Å². The van der Waals surface area contributed by atoms with Crippen LogP contribution in [0.25, 0.3) is 0 Å². The lowest BCUT2D eigenvalue weighted by Gasteiger charge is -2.18.